The van der Waals surface area contributed by atoms with Gasteiger partial charge in [-0.05, 0) is 57.6 Å². The number of carboxylic acid groups (broad SMARTS) is 1. The molecule has 1 heterocycles. The SMILES string of the molecule is CCCN1CCC(C(N)(CCCCB(O)O)C(=O)O)CC1.Cl.Cl. The maximum Gasteiger partial charge on any atom is 0.451 e. The van der Waals surface area contributed by atoms with Gasteiger partial charge in [0, 0.05) is 0 Å². The summed E-state index contributed by atoms with van der Waals surface area (Å²) in [5.74, 6) is -0.928. The monoisotopic (exact) mass is 372 g/mol. The minimum absolute atomic E-state index is 0. The van der Waals surface area contributed by atoms with Crippen LogP contribution in [0, 0.1) is 5.92 Å². The van der Waals surface area contributed by atoms with E-state index in [9.17, 15) is 9.90 Å². The van der Waals surface area contributed by atoms with Crippen molar-refractivity contribution in [3.05, 3.63) is 0 Å². The van der Waals surface area contributed by atoms with Crippen LogP contribution < -0.4 is 5.73 Å². The Balaban J connectivity index is 0. The fourth-order valence-electron chi connectivity index (χ4n) is 3.22. The number of halogens is 2. The summed E-state index contributed by atoms with van der Waals surface area (Å²) in [4.78, 5) is 14.0. The summed E-state index contributed by atoms with van der Waals surface area (Å²) < 4.78 is 0. The summed E-state index contributed by atoms with van der Waals surface area (Å²) in [5.41, 5.74) is 5.03. The number of hydrogen-bond donors (Lipinski definition) is 4. The van der Waals surface area contributed by atoms with E-state index in [1.54, 1.807) is 0 Å². The first-order valence-corrected chi connectivity index (χ1v) is 8.01. The molecule has 0 amide bonds. The molecule has 1 saturated heterocycles. The molecule has 1 aliphatic heterocycles. The second-order valence-electron chi connectivity index (χ2n) is 6.19. The minimum Gasteiger partial charge on any atom is -0.480 e. The first kappa shape index (κ1) is 25.2. The van der Waals surface area contributed by atoms with Crippen LogP contribution in [-0.4, -0.2) is 58.3 Å². The highest BCUT2D eigenvalue weighted by Gasteiger charge is 2.42. The molecule has 0 saturated carbocycles. The lowest BCUT2D eigenvalue weighted by molar-refractivity contribution is -0.147. The molecule has 23 heavy (non-hydrogen) atoms. The summed E-state index contributed by atoms with van der Waals surface area (Å²) in [5, 5.41) is 27.2. The zero-order valence-electron chi connectivity index (χ0n) is 13.8. The fraction of sp³-hybridized carbons (Fsp3) is 0.929. The number of carbonyl (C=O) groups is 1. The third kappa shape index (κ3) is 8.05. The Hall–Kier alpha value is -0.0451. The molecule has 1 rings (SSSR count). The summed E-state index contributed by atoms with van der Waals surface area (Å²) >= 11 is 0. The van der Waals surface area contributed by atoms with Gasteiger partial charge in [0.05, 0.1) is 0 Å². The predicted molar refractivity (Wildman–Crippen MR) is 97.4 cm³/mol. The van der Waals surface area contributed by atoms with Crippen molar-refractivity contribution in [1.29, 1.82) is 0 Å². The molecule has 138 valence electrons. The summed E-state index contributed by atoms with van der Waals surface area (Å²) in [7, 11) is -1.32. The molecule has 1 aliphatic rings. The molecular formula is C14H31BCl2N2O4. The highest BCUT2D eigenvalue weighted by Crippen LogP contribution is 2.31. The zero-order chi connectivity index (χ0) is 15.9. The zero-order valence-corrected chi connectivity index (χ0v) is 15.4. The summed E-state index contributed by atoms with van der Waals surface area (Å²) in [6, 6.07) is 0. The molecule has 0 aromatic rings. The lowest BCUT2D eigenvalue weighted by Gasteiger charge is -2.40. The second kappa shape index (κ2) is 12.3. The van der Waals surface area contributed by atoms with E-state index in [0.717, 1.165) is 38.9 Å². The lowest BCUT2D eigenvalue weighted by Crippen LogP contribution is -2.56. The van der Waals surface area contributed by atoms with Crippen LogP contribution in [-0.2, 0) is 4.79 Å². The molecule has 5 N–H and O–H groups in total. The van der Waals surface area contributed by atoms with E-state index in [4.69, 9.17) is 15.8 Å². The molecule has 1 fully saturated rings. The molecule has 6 nitrogen and oxygen atoms in total. The van der Waals surface area contributed by atoms with Crippen molar-refractivity contribution >= 4 is 37.9 Å². The average Bonchev–Trinajstić information content (AvgIpc) is 2.44. The van der Waals surface area contributed by atoms with Crippen LogP contribution in [0.4, 0.5) is 0 Å². The number of unbranched alkanes of at least 4 members (excludes halogenated alkanes) is 1. The Bertz CT molecular complexity index is 332. The van der Waals surface area contributed by atoms with Gasteiger partial charge in [0.15, 0.2) is 0 Å². The maximum absolute atomic E-state index is 11.6. The van der Waals surface area contributed by atoms with Crippen LogP contribution in [0.2, 0.25) is 6.32 Å². The molecule has 0 spiro atoms. The van der Waals surface area contributed by atoms with Crippen molar-refractivity contribution in [3.63, 3.8) is 0 Å². The highest BCUT2D eigenvalue weighted by molar-refractivity contribution is 6.40. The lowest BCUT2D eigenvalue weighted by atomic mass is 9.74. The topological polar surface area (TPSA) is 107 Å². The smallest absolute Gasteiger partial charge is 0.451 e. The van der Waals surface area contributed by atoms with Gasteiger partial charge in [0.25, 0.3) is 0 Å². The second-order valence-corrected chi connectivity index (χ2v) is 6.19. The Morgan fingerprint density at radius 2 is 1.83 bits per heavy atom. The van der Waals surface area contributed by atoms with E-state index in [-0.39, 0.29) is 37.1 Å². The van der Waals surface area contributed by atoms with Crippen LogP contribution in [0.15, 0.2) is 0 Å². The normalized spacial score (nSPS) is 18.4. The number of rotatable bonds is 9. The number of nitrogens with zero attached hydrogens (tertiary/aromatic N) is 1. The van der Waals surface area contributed by atoms with E-state index in [2.05, 4.69) is 11.8 Å². The number of carboxylic acids is 1. The number of nitrogens with two attached hydrogens (primary N) is 1. The Morgan fingerprint density at radius 1 is 1.26 bits per heavy atom. The molecule has 9 heteroatoms. The van der Waals surface area contributed by atoms with E-state index in [0.29, 0.717) is 19.3 Å². The van der Waals surface area contributed by atoms with E-state index >= 15 is 0 Å². The van der Waals surface area contributed by atoms with Crippen molar-refractivity contribution in [2.45, 2.75) is 57.3 Å². The number of piperidine rings is 1. The molecule has 0 aliphatic carbocycles. The molecule has 0 aromatic heterocycles. The first-order chi connectivity index (χ1) is 9.90. The molecule has 0 aromatic carbocycles. The summed E-state index contributed by atoms with van der Waals surface area (Å²) in [6.07, 6.45) is 4.62. The molecular weight excluding hydrogens is 342 g/mol. The van der Waals surface area contributed by atoms with Gasteiger partial charge in [-0.2, -0.15) is 0 Å². The van der Waals surface area contributed by atoms with Gasteiger partial charge < -0.3 is 25.8 Å². The van der Waals surface area contributed by atoms with E-state index < -0.39 is 18.6 Å². The van der Waals surface area contributed by atoms with Gasteiger partial charge in [-0.3, -0.25) is 4.79 Å². The molecule has 1 unspecified atom stereocenters. The third-order valence-electron chi connectivity index (χ3n) is 4.56. The van der Waals surface area contributed by atoms with Crippen LogP contribution in [0.25, 0.3) is 0 Å². The van der Waals surface area contributed by atoms with Crippen molar-refractivity contribution in [3.8, 4) is 0 Å². The van der Waals surface area contributed by atoms with Gasteiger partial charge in [-0.25, -0.2) is 0 Å². The first-order valence-electron chi connectivity index (χ1n) is 8.01. The summed E-state index contributed by atoms with van der Waals surface area (Å²) in [6.45, 7) is 5.04. The molecule has 0 bridgehead atoms. The van der Waals surface area contributed by atoms with Gasteiger partial charge in [-0.15, -0.1) is 24.8 Å². The van der Waals surface area contributed by atoms with E-state index in [1.807, 2.05) is 0 Å². The number of likely N-dealkylation sites (tertiary alicyclic amines) is 1. The van der Waals surface area contributed by atoms with Crippen LogP contribution >= 0.6 is 24.8 Å². The minimum atomic E-state index is -1.32. The van der Waals surface area contributed by atoms with Crippen molar-refractivity contribution < 1.29 is 19.9 Å². The predicted octanol–water partition coefficient (Wildman–Crippen LogP) is 1.38. The van der Waals surface area contributed by atoms with Gasteiger partial charge >= 0.3 is 13.1 Å². The average molecular weight is 373 g/mol. The van der Waals surface area contributed by atoms with E-state index in [1.165, 1.54) is 0 Å². The third-order valence-corrected chi connectivity index (χ3v) is 4.56. The highest BCUT2D eigenvalue weighted by atomic mass is 35.5. The molecule has 1 atom stereocenters. The fourth-order valence-corrected chi connectivity index (χ4v) is 3.22. The largest absolute Gasteiger partial charge is 0.480 e. The van der Waals surface area contributed by atoms with Gasteiger partial charge in [0.2, 0.25) is 0 Å². The quantitative estimate of drug-likeness (QED) is 0.359. The van der Waals surface area contributed by atoms with Crippen molar-refractivity contribution in [1.82, 2.24) is 4.90 Å². The number of aliphatic carboxylic acids is 1. The Morgan fingerprint density at radius 3 is 2.26 bits per heavy atom. The van der Waals surface area contributed by atoms with Crippen LogP contribution in [0.3, 0.4) is 0 Å². The standard InChI is InChI=1S/C14H29BN2O4.2ClH/c1-2-9-17-10-5-12(6-11-17)14(16,13(18)19)7-3-4-8-15(20)21;;/h12,20-21H,2-11,16H2,1H3,(H,18,19);2*1H. The van der Waals surface area contributed by atoms with Crippen LogP contribution in [0.5, 0.6) is 0 Å². The van der Waals surface area contributed by atoms with Gasteiger partial charge in [-0.1, -0.05) is 19.8 Å². The van der Waals surface area contributed by atoms with Crippen molar-refractivity contribution in [2.24, 2.45) is 11.7 Å². The maximum atomic E-state index is 11.6. The molecule has 0 radical (unpaired) electrons. The van der Waals surface area contributed by atoms with Crippen LogP contribution in [0.1, 0.15) is 45.4 Å². The number of hydrogen-bond acceptors (Lipinski definition) is 5. The Kier molecular flexibility index (Phi) is 13.5. The van der Waals surface area contributed by atoms with Gasteiger partial charge in [0.1, 0.15) is 5.54 Å². The van der Waals surface area contributed by atoms with Crippen molar-refractivity contribution in [2.75, 3.05) is 19.6 Å². The Labute approximate surface area is 151 Å².